The minimum absolute atomic E-state index is 0.264. The molecule has 6 aromatic rings. The van der Waals surface area contributed by atoms with Gasteiger partial charge in [-0.2, -0.15) is 4.52 Å². The third kappa shape index (κ3) is 1.91. The fourth-order valence-electron chi connectivity index (χ4n) is 3.87. The van der Waals surface area contributed by atoms with Gasteiger partial charge in [0.25, 0.3) is 11.1 Å². The third-order valence-electron chi connectivity index (χ3n) is 5.00. The zero-order valence-corrected chi connectivity index (χ0v) is 17.5. The Morgan fingerprint density at radius 3 is 2.37 bits per heavy atom. The Morgan fingerprint density at radius 1 is 0.852 bits per heavy atom. The molecule has 0 unspecified atom stereocenters. The van der Waals surface area contributed by atoms with Crippen LogP contribution >= 0.6 is 43.2 Å². The van der Waals surface area contributed by atoms with E-state index in [0.29, 0.717) is 20.1 Å². The minimum Gasteiger partial charge on any atom is -0.267 e. The number of benzene rings is 3. The first-order chi connectivity index (χ1) is 13.0. The van der Waals surface area contributed by atoms with Crippen molar-refractivity contribution in [3.63, 3.8) is 0 Å². The highest BCUT2D eigenvalue weighted by Crippen LogP contribution is 2.36. The lowest BCUT2D eigenvalue weighted by atomic mass is 10.1. The number of nitrogens with zero attached hydrogens (tertiary/aromatic N) is 2. The van der Waals surface area contributed by atoms with Crippen LogP contribution in [0.15, 0.2) is 67.1 Å². The highest BCUT2D eigenvalue weighted by Gasteiger charge is 2.23. The van der Waals surface area contributed by atoms with Crippen LogP contribution in [0, 0.1) is 0 Å². The Morgan fingerprint density at radius 2 is 1.59 bits per heavy atom. The molecule has 3 aromatic heterocycles. The number of fused-ring (bicyclic) bond motifs is 8. The number of hydrogen-bond donors (Lipinski definition) is 0. The molecule has 0 saturated heterocycles. The van der Waals surface area contributed by atoms with Crippen molar-refractivity contribution in [2.24, 2.45) is 0 Å². The summed E-state index contributed by atoms with van der Waals surface area (Å²) in [5.41, 5.74) is 0.940. The molecule has 0 fully saturated rings. The van der Waals surface area contributed by atoms with Crippen LogP contribution in [0.4, 0.5) is 0 Å². The van der Waals surface area contributed by atoms with Gasteiger partial charge in [-0.3, -0.25) is 9.59 Å². The van der Waals surface area contributed by atoms with Crippen molar-refractivity contribution >= 4 is 85.2 Å². The highest BCUT2D eigenvalue weighted by atomic mass is 79.9. The molecule has 0 bridgehead atoms. The van der Waals surface area contributed by atoms with Crippen molar-refractivity contribution in [1.82, 2.24) is 9.03 Å². The molecule has 0 spiro atoms. The van der Waals surface area contributed by atoms with Gasteiger partial charge in [0.15, 0.2) is 0 Å². The monoisotopic (exact) mass is 498 g/mol. The van der Waals surface area contributed by atoms with Crippen molar-refractivity contribution in [1.29, 1.82) is 0 Å². The van der Waals surface area contributed by atoms with Gasteiger partial charge < -0.3 is 0 Å². The van der Waals surface area contributed by atoms with E-state index in [1.165, 1.54) is 15.9 Å². The predicted molar refractivity (Wildman–Crippen MR) is 118 cm³/mol. The van der Waals surface area contributed by atoms with E-state index in [1.54, 1.807) is 4.52 Å². The van der Waals surface area contributed by atoms with Crippen LogP contribution in [-0.2, 0) is 0 Å². The second-order valence-electron chi connectivity index (χ2n) is 6.49. The maximum absolute atomic E-state index is 13.1. The largest absolute Gasteiger partial charge is 0.292 e. The maximum atomic E-state index is 13.1. The zero-order chi connectivity index (χ0) is 18.4. The molecule has 3 heterocycles. The van der Waals surface area contributed by atoms with Crippen molar-refractivity contribution in [2.75, 3.05) is 0 Å². The molecule has 0 atom stereocenters. The lowest BCUT2D eigenvalue weighted by Gasteiger charge is -2.00. The molecule has 6 rings (SSSR count). The van der Waals surface area contributed by atoms with E-state index in [-0.39, 0.29) is 11.1 Å². The lowest BCUT2D eigenvalue weighted by molar-refractivity contribution is 0.842. The fraction of sp³-hybridized carbons (Fsp3) is 0. The van der Waals surface area contributed by atoms with E-state index in [1.807, 2.05) is 24.3 Å². The summed E-state index contributed by atoms with van der Waals surface area (Å²) in [6.07, 6.45) is 0. The summed E-state index contributed by atoms with van der Waals surface area (Å²) in [7, 11) is 0. The molecular formula is C20H8Br2N2O2S. The number of aromatic nitrogens is 2. The summed E-state index contributed by atoms with van der Waals surface area (Å²) in [4.78, 5) is 26.0. The van der Waals surface area contributed by atoms with Gasteiger partial charge in [0, 0.05) is 19.0 Å². The molecule has 0 saturated carbocycles. The van der Waals surface area contributed by atoms with Gasteiger partial charge >= 0.3 is 0 Å². The Kier molecular flexibility index (Phi) is 3.03. The first-order valence-corrected chi connectivity index (χ1v) is 10.6. The maximum Gasteiger partial charge on any atom is 0.292 e. The summed E-state index contributed by atoms with van der Waals surface area (Å²) in [5.74, 6) is 0. The molecular weight excluding hydrogens is 492 g/mol. The number of rotatable bonds is 0. The molecule has 0 amide bonds. The second-order valence-corrected chi connectivity index (χ2v) is 9.31. The van der Waals surface area contributed by atoms with Crippen molar-refractivity contribution in [3.05, 3.63) is 78.2 Å². The van der Waals surface area contributed by atoms with Crippen LogP contribution < -0.4 is 11.1 Å². The number of thiophene rings is 1. The van der Waals surface area contributed by atoms with Crippen molar-refractivity contribution in [2.45, 2.75) is 0 Å². The molecule has 0 N–H and O–H groups in total. The van der Waals surface area contributed by atoms with Crippen LogP contribution in [0.3, 0.4) is 0 Å². The van der Waals surface area contributed by atoms with Gasteiger partial charge in [-0.25, -0.2) is 4.52 Å². The minimum atomic E-state index is -0.299. The van der Waals surface area contributed by atoms with Crippen molar-refractivity contribution < 1.29 is 0 Å². The van der Waals surface area contributed by atoms with Gasteiger partial charge in [-0.15, -0.1) is 11.3 Å². The molecule has 0 aliphatic carbocycles. The van der Waals surface area contributed by atoms with Gasteiger partial charge in [-0.1, -0.05) is 40.2 Å². The van der Waals surface area contributed by atoms with Gasteiger partial charge in [0.2, 0.25) is 0 Å². The SMILES string of the molecule is O=c1c2sc3cc4ccccc4cc3c2n2c3cc(Br)cc(Br)c3c(=O)n12. The quantitative estimate of drug-likeness (QED) is 0.281. The van der Waals surface area contributed by atoms with Crippen molar-refractivity contribution in [3.8, 4) is 0 Å². The second kappa shape index (κ2) is 5.19. The number of halogens is 2. The molecule has 4 nitrogen and oxygen atoms in total. The molecule has 27 heavy (non-hydrogen) atoms. The van der Waals surface area contributed by atoms with Gasteiger partial charge in [0.1, 0.15) is 4.70 Å². The smallest absolute Gasteiger partial charge is 0.267 e. The molecule has 0 aliphatic heterocycles. The van der Waals surface area contributed by atoms with Crippen LogP contribution in [0.1, 0.15) is 0 Å². The van der Waals surface area contributed by atoms with E-state index in [4.69, 9.17) is 0 Å². The van der Waals surface area contributed by atoms with Crippen LogP contribution in [0.25, 0.3) is 42.0 Å². The Labute approximate surface area is 171 Å². The van der Waals surface area contributed by atoms with Crippen LogP contribution in [0.2, 0.25) is 0 Å². The standard InChI is InChI=1S/C20H8Br2N2O2S/c21-11-7-13(22)16-14(8-11)23-17-12-5-9-3-1-2-4-10(9)6-15(12)27-18(17)20(26)24(23)19(16)25/h1-8H. The summed E-state index contributed by atoms with van der Waals surface area (Å²) >= 11 is 8.40. The van der Waals surface area contributed by atoms with Gasteiger partial charge in [0.05, 0.1) is 16.4 Å². The van der Waals surface area contributed by atoms with Crippen LogP contribution in [0.5, 0.6) is 0 Å². The van der Waals surface area contributed by atoms with E-state index in [0.717, 1.165) is 30.8 Å². The average Bonchev–Trinajstić information content (AvgIpc) is 3.23. The number of hydrogen-bond acceptors (Lipinski definition) is 3. The molecule has 130 valence electrons. The predicted octanol–water partition coefficient (Wildman–Crippen LogP) is 5.40. The molecule has 0 aliphatic rings. The topological polar surface area (TPSA) is 43.0 Å². The molecule has 7 heteroatoms. The van der Waals surface area contributed by atoms with Crippen LogP contribution in [-0.4, -0.2) is 9.03 Å². The third-order valence-corrected chi connectivity index (χ3v) is 7.21. The van der Waals surface area contributed by atoms with E-state index >= 15 is 0 Å². The fourth-order valence-corrected chi connectivity index (χ4v) is 6.38. The summed E-state index contributed by atoms with van der Waals surface area (Å²) in [6.45, 7) is 0. The summed E-state index contributed by atoms with van der Waals surface area (Å²) in [6, 6.07) is 16.1. The normalized spacial score (nSPS) is 12.4. The Balaban J connectivity index is 1.98. The Hall–Kier alpha value is -2.22. The molecule has 0 radical (unpaired) electrons. The zero-order valence-electron chi connectivity index (χ0n) is 13.5. The summed E-state index contributed by atoms with van der Waals surface area (Å²) in [5, 5.41) is 3.74. The van der Waals surface area contributed by atoms with E-state index in [2.05, 4.69) is 56.1 Å². The first kappa shape index (κ1) is 15.8. The lowest BCUT2D eigenvalue weighted by Crippen LogP contribution is -2.21. The van der Waals surface area contributed by atoms with Gasteiger partial charge in [-0.05, 0) is 51.0 Å². The Bertz CT molecular complexity index is 1690. The average molecular weight is 500 g/mol. The first-order valence-electron chi connectivity index (χ1n) is 8.18. The van der Waals surface area contributed by atoms with E-state index < -0.39 is 0 Å². The highest BCUT2D eigenvalue weighted by molar-refractivity contribution is 9.11. The summed E-state index contributed by atoms with van der Waals surface area (Å²) < 4.78 is 6.17. The van der Waals surface area contributed by atoms with E-state index in [9.17, 15) is 9.59 Å². The molecule has 3 aromatic carbocycles.